The molecule has 0 spiro atoms. The first-order chi connectivity index (χ1) is 7.33. The first-order valence-corrected chi connectivity index (χ1v) is 5.70. The van der Waals surface area contributed by atoms with Gasteiger partial charge in [-0.1, -0.05) is 18.2 Å². The van der Waals surface area contributed by atoms with Crippen molar-refractivity contribution in [1.82, 2.24) is 4.90 Å². The highest BCUT2D eigenvalue weighted by molar-refractivity contribution is 5.95. The molecule has 2 nitrogen and oxygen atoms in total. The zero-order valence-electron chi connectivity index (χ0n) is 9.20. The van der Waals surface area contributed by atoms with Gasteiger partial charge in [0.25, 0.3) is 5.91 Å². The van der Waals surface area contributed by atoms with Gasteiger partial charge in [0.15, 0.2) is 0 Å². The normalized spacial score (nSPS) is 16.9. The second-order valence-electron chi connectivity index (χ2n) is 4.00. The molecule has 0 bridgehead atoms. The van der Waals surface area contributed by atoms with Crippen molar-refractivity contribution in [1.29, 1.82) is 0 Å². The molecule has 0 aliphatic carbocycles. The lowest BCUT2D eigenvalue weighted by Crippen LogP contribution is -2.33. The Morgan fingerprint density at radius 1 is 1.27 bits per heavy atom. The Balaban J connectivity index is 2.37. The number of hydrogen-bond acceptors (Lipinski definition) is 1. The van der Waals surface area contributed by atoms with Gasteiger partial charge in [0.2, 0.25) is 0 Å². The fourth-order valence-electron chi connectivity index (χ4n) is 2.14. The summed E-state index contributed by atoms with van der Waals surface area (Å²) >= 11 is 0. The van der Waals surface area contributed by atoms with Crippen molar-refractivity contribution in [3.63, 3.8) is 0 Å². The van der Waals surface area contributed by atoms with Crippen LogP contribution in [-0.4, -0.2) is 23.9 Å². The van der Waals surface area contributed by atoms with E-state index in [0.717, 1.165) is 31.5 Å². The number of carbonyl (C=O) groups excluding carboxylic acids is 1. The summed E-state index contributed by atoms with van der Waals surface area (Å²) in [4.78, 5) is 14.1. The van der Waals surface area contributed by atoms with Crippen LogP contribution in [-0.2, 0) is 6.42 Å². The van der Waals surface area contributed by atoms with Crippen LogP contribution in [0.3, 0.4) is 0 Å². The van der Waals surface area contributed by atoms with Crippen molar-refractivity contribution >= 4 is 5.91 Å². The zero-order valence-corrected chi connectivity index (χ0v) is 9.20. The molecule has 0 saturated heterocycles. The van der Waals surface area contributed by atoms with Crippen molar-refractivity contribution in [2.75, 3.05) is 13.1 Å². The molecule has 80 valence electrons. The molecule has 0 N–H and O–H groups in total. The van der Waals surface area contributed by atoms with Crippen LogP contribution in [0.15, 0.2) is 24.3 Å². The number of carbonyl (C=O) groups is 1. The summed E-state index contributed by atoms with van der Waals surface area (Å²) in [5, 5.41) is 0. The average molecular weight is 203 g/mol. The SMILES string of the molecule is CCN1CCCCc2ccccc2C1=O. The second-order valence-corrected chi connectivity index (χ2v) is 4.00. The summed E-state index contributed by atoms with van der Waals surface area (Å²) in [5.74, 6) is 0.202. The molecule has 1 aliphatic rings. The van der Waals surface area contributed by atoms with Gasteiger partial charge in [0.05, 0.1) is 0 Å². The van der Waals surface area contributed by atoms with Crippen LogP contribution in [0.2, 0.25) is 0 Å². The molecule has 2 heteroatoms. The van der Waals surface area contributed by atoms with Gasteiger partial charge in [-0.2, -0.15) is 0 Å². The summed E-state index contributed by atoms with van der Waals surface area (Å²) < 4.78 is 0. The molecule has 1 aromatic rings. The average Bonchev–Trinajstić information content (AvgIpc) is 2.27. The predicted octanol–water partition coefficient (Wildman–Crippen LogP) is 2.49. The zero-order chi connectivity index (χ0) is 10.7. The number of hydrogen-bond donors (Lipinski definition) is 0. The van der Waals surface area contributed by atoms with E-state index in [4.69, 9.17) is 0 Å². The van der Waals surface area contributed by atoms with Gasteiger partial charge in [0.1, 0.15) is 0 Å². The van der Waals surface area contributed by atoms with Crippen LogP contribution >= 0.6 is 0 Å². The molecule has 0 fully saturated rings. The van der Waals surface area contributed by atoms with Crippen LogP contribution in [0, 0.1) is 0 Å². The standard InChI is InChI=1S/C13H17NO/c1-2-14-10-6-5-8-11-7-3-4-9-12(11)13(14)15/h3-4,7,9H,2,5-6,8,10H2,1H3. The minimum absolute atomic E-state index is 0.202. The van der Waals surface area contributed by atoms with Gasteiger partial charge in [-0.05, 0) is 37.8 Å². The molecule has 1 heterocycles. The van der Waals surface area contributed by atoms with Crippen LogP contribution < -0.4 is 0 Å². The summed E-state index contributed by atoms with van der Waals surface area (Å²) in [6, 6.07) is 7.99. The number of rotatable bonds is 1. The summed E-state index contributed by atoms with van der Waals surface area (Å²) in [7, 11) is 0. The van der Waals surface area contributed by atoms with Gasteiger partial charge in [-0.3, -0.25) is 4.79 Å². The van der Waals surface area contributed by atoms with Gasteiger partial charge in [-0.25, -0.2) is 0 Å². The third kappa shape index (κ3) is 2.04. The Hall–Kier alpha value is -1.31. The van der Waals surface area contributed by atoms with Crippen molar-refractivity contribution < 1.29 is 4.79 Å². The smallest absolute Gasteiger partial charge is 0.254 e. The Morgan fingerprint density at radius 3 is 2.87 bits per heavy atom. The Bertz CT molecular complexity index is 359. The summed E-state index contributed by atoms with van der Waals surface area (Å²) in [5.41, 5.74) is 2.11. The minimum atomic E-state index is 0.202. The Morgan fingerprint density at radius 2 is 2.07 bits per heavy atom. The lowest BCUT2D eigenvalue weighted by Gasteiger charge is -2.24. The van der Waals surface area contributed by atoms with Gasteiger partial charge < -0.3 is 4.90 Å². The molecular formula is C13H17NO. The maximum absolute atomic E-state index is 12.1. The third-order valence-electron chi connectivity index (χ3n) is 3.04. The molecule has 0 saturated carbocycles. The second kappa shape index (κ2) is 4.47. The van der Waals surface area contributed by atoms with E-state index in [1.165, 1.54) is 12.0 Å². The summed E-state index contributed by atoms with van der Waals surface area (Å²) in [6.45, 7) is 3.76. The van der Waals surface area contributed by atoms with Gasteiger partial charge in [-0.15, -0.1) is 0 Å². The van der Waals surface area contributed by atoms with Crippen molar-refractivity contribution in [3.8, 4) is 0 Å². The van der Waals surface area contributed by atoms with Crippen molar-refractivity contribution in [2.24, 2.45) is 0 Å². The first-order valence-electron chi connectivity index (χ1n) is 5.70. The molecular weight excluding hydrogens is 186 g/mol. The van der Waals surface area contributed by atoms with E-state index in [1.54, 1.807) is 0 Å². The van der Waals surface area contributed by atoms with E-state index >= 15 is 0 Å². The van der Waals surface area contributed by atoms with Crippen molar-refractivity contribution in [3.05, 3.63) is 35.4 Å². The molecule has 15 heavy (non-hydrogen) atoms. The topological polar surface area (TPSA) is 20.3 Å². The lowest BCUT2D eigenvalue weighted by atomic mass is 9.98. The maximum atomic E-state index is 12.1. The largest absolute Gasteiger partial charge is 0.339 e. The molecule has 1 amide bonds. The van der Waals surface area contributed by atoms with E-state index in [9.17, 15) is 4.79 Å². The number of nitrogens with zero attached hydrogens (tertiary/aromatic N) is 1. The molecule has 0 aromatic heterocycles. The molecule has 0 unspecified atom stereocenters. The fourth-order valence-corrected chi connectivity index (χ4v) is 2.14. The van der Waals surface area contributed by atoms with E-state index < -0.39 is 0 Å². The van der Waals surface area contributed by atoms with E-state index in [1.807, 2.05) is 30.0 Å². The van der Waals surface area contributed by atoms with E-state index in [0.29, 0.717) is 0 Å². The van der Waals surface area contributed by atoms with Gasteiger partial charge in [0, 0.05) is 18.7 Å². The molecule has 0 atom stereocenters. The minimum Gasteiger partial charge on any atom is -0.339 e. The Kier molecular flexibility index (Phi) is 3.05. The molecule has 0 radical (unpaired) electrons. The highest BCUT2D eigenvalue weighted by Crippen LogP contribution is 2.17. The number of aryl methyl sites for hydroxylation is 1. The van der Waals surface area contributed by atoms with Gasteiger partial charge >= 0.3 is 0 Å². The highest BCUT2D eigenvalue weighted by Gasteiger charge is 2.18. The van der Waals surface area contributed by atoms with E-state index in [-0.39, 0.29) is 5.91 Å². The number of fused-ring (bicyclic) bond motifs is 1. The van der Waals surface area contributed by atoms with Crippen LogP contribution in [0.4, 0.5) is 0 Å². The van der Waals surface area contributed by atoms with E-state index in [2.05, 4.69) is 6.07 Å². The van der Waals surface area contributed by atoms with Crippen LogP contribution in [0.1, 0.15) is 35.7 Å². The monoisotopic (exact) mass is 203 g/mol. The third-order valence-corrected chi connectivity index (χ3v) is 3.04. The maximum Gasteiger partial charge on any atom is 0.254 e. The highest BCUT2D eigenvalue weighted by atomic mass is 16.2. The molecule has 1 aromatic carbocycles. The summed E-state index contributed by atoms with van der Waals surface area (Å²) in [6.07, 6.45) is 3.34. The quantitative estimate of drug-likeness (QED) is 0.686. The van der Waals surface area contributed by atoms with Crippen LogP contribution in [0.25, 0.3) is 0 Å². The first kappa shape index (κ1) is 10.2. The molecule has 1 aliphatic heterocycles. The predicted molar refractivity (Wildman–Crippen MR) is 61.0 cm³/mol. The number of benzene rings is 1. The number of amides is 1. The van der Waals surface area contributed by atoms with Crippen molar-refractivity contribution in [2.45, 2.75) is 26.2 Å². The lowest BCUT2D eigenvalue weighted by molar-refractivity contribution is 0.0756. The Labute approximate surface area is 90.9 Å². The molecule has 2 rings (SSSR count). The fraction of sp³-hybridized carbons (Fsp3) is 0.462. The van der Waals surface area contributed by atoms with Crippen LogP contribution in [0.5, 0.6) is 0 Å².